The van der Waals surface area contributed by atoms with Crippen LogP contribution in [0.3, 0.4) is 0 Å². The van der Waals surface area contributed by atoms with Crippen LogP contribution in [0, 0.1) is 0 Å². The molecule has 1 aliphatic heterocycles. The Morgan fingerprint density at radius 2 is 1.85 bits per heavy atom. The maximum Gasteiger partial charge on any atom is 0.237 e. The number of hydrogen-bond donors (Lipinski definition) is 3. The molecule has 20 heavy (non-hydrogen) atoms. The Bertz CT molecular complexity index is 503. The first-order chi connectivity index (χ1) is 9.21. The molecular formula is C16H24N2O2. The highest BCUT2D eigenvalue weighted by molar-refractivity contribution is 5.83. The van der Waals surface area contributed by atoms with Crippen LogP contribution in [-0.4, -0.2) is 28.2 Å². The van der Waals surface area contributed by atoms with E-state index in [9.17, 15) is 9.90 Å². The Morgan fingerprint density at radius 1 is 1.25 bits per heavy atom. The standard InChI is InChI=1S/C16H24N2O2/c1-15(2,16(3,4)20)18-14(19)13-9-11-7-5-6-8-12(11)10-17-13/h5-8,13,17,20H,9-10H2,1-4H3,(H,18,19)/t13-/m0/s1. The zero-order chi connectivity index (χ0) is 15.0. The summed E-state index contributed by atoms with van der Waals surface area (Å²) in [4.78, 5) is 12.4. The topological polar surface area (TPSA) is 61.4 Å². The van der Waals surface area contributed by atoms with Gasteiger partial charge >= 0.3 is 0 Å². The third-order valence-corrected chi connectivity index (χ3v) is 4.36. The van der Waals surface area contributed by atoms with Crippen LogP contribution in [0.25, 0.3) is 0 Å². The number of carbonyl (C=O) groups is 1. The summed E-state index contributed by atoms with van der Waals surface area (Å²) in [6.07, 6.45) is 0.684. The van der Waals surface area contributed by atoms with E-state index in [4.69, 9.17) is 0 Å². The fourth-order valence-corrected chi connectivity index (χ4v) is 2.19. The number of aliphatic hydroxyl groups is 1. The number of carbonyl (C=O) groups excluding carboxylic acids is 1. The molecule has 1 aliphatic rings. The van der Waals surface area contributed by atoms with Crippen LogP contribution in [0.5, 0.6) is 0 Å². The van der Waals surface area contributed by atoms with Crippen molar-refractivity contribution in [3.05, 3.63) is 35.4 Å². The van der Waals surface area contributed by atoms with Crippen molar-refractivity contribution in [1.82, 2.24) is 10.6 Å². The number of benzene rings is 1. The maximum atomic E-state index is 12.4. The van der Waals surface area contributed by atoms with Crippen molar-refractivity contribution in [3.63, 3.8) is 0 Å². The Hall–Kier alpha value is -1.39. The van der Waals surface area contributed by atoms with Crippen molar-refractivity contribution in [2.45, 2.75) is 57.8 Å². The van der Waals surface area contributed by atoms with Gasteiger partial charge in [-0.05, 0) is 45.2 Å². The van der Waals surface area contributed by atoms with E-state index in [1.165, 1.54) is 11.1 Å². The molecule has 4 heteroatoms. The lowest BCUT2D eigenvalue weighted by Crippen LogP contribution is -2.61. The van der Waals surface area contributed by atoms with E-state index in [0.717, 1.165) is 0 Å². The zero-order valence-corrected chi connectivity index (χ0v) is 12.7. The lowest BCUT2D eigenvalue weighted by atomic mass is 9.85. The fraction of sp³-hybridized carbons (Fsp3) is 0.562. The van der Waals surface area contributed by atoms with E-state index in [1.807, 2.05) is 26.0 Å². The minimum absolute atomic E-state index is 0.0633. The normalized spacial score (nSPS) is 19.4. The average Bonchev–Trinajstić information content (AvgIpc) is 2.36. The summed E-state index contributed by atoms with van der Waals surface area (Å²) in [5.41, 5.74) is 0.809. The van der Waals surface area contributed by atoms with Gasteiger partial charge in [-0.1, -0.05) is 24.3 Å². The van der Waals surface area contributed by atoms with E-state index >= 15 is 0 Å². The van der Waals surface area contributed by atoms with Crippen molar-refractivity contribution >= 4 is 5.91 Å². The second-order valence-electron chi connectivity index (χ2n) is 6.58. The minimum atomic E-state index is -0.977. The van der Waals surface area contributed by atoms with E-state index in [2.05, 4.69) is 22.8 Å². The highest BCUT2D eigenvalue weighted by Crippen LogP contribution is 2.22. The van der Waals surface area contributed by atoms with Gasteiger partial charge in [0.05, 0.1) is 17.2 Å². The molecule has 0 saturated heterocycles. The van der Waals surface area contributed by atoms with Crippen molar-refractivity contribution in [1.29, 1.82) is 0 Å². The van der Waals surface area contributed by atoms with Gasteiger partial charge in [0.25, 0.3) is 0 Å². The number of amides is 1. The van der Waals surface area contributed by atoms with Gasteiger partial charge in [-0.2, -0.15) is 0 Å². The molecule has 0 aromatic heterocycles. The Morgan fingerprint density at radius 3 is 2.45 bits per heavy atom. The van der Waals surface area contributed by atoms with Gasteiger partial charge in [0.2, 0.25) is 5.91 Å². The first-order valence-electron chi connectivity index (χ1n) is 7.05. The Balaban J connectivity index is 2.06. The Kier molecular flexibility index (Phi) is 3.89. The average molecular weight is 276 g/mol. The maximum absolute atomic E-state index is 12.4. The summed E-state index contributed by atoms with van der Waals surface area (Å²) in [6.45, 7) is 7.79. The van der Waals surface area contributed by atoms with E-state index in [1.54, 1.807) is 13.8 Å². The first kappa shape index (κ1) is 15.0. The van der Waals surface area contributed by atoms with Gasteiger partial charge in [0, 0.05) is 6.54 Å². The molecule has 0 spiro atoms. The quantitative estimate of drug-likeness (QED) is 0.781. The second kappa shape index (κ2) is 5.19. The molecule has 3 N–H and O–H groups in total. The highest BCUT2D eigenvalue weighted by atomic mass is 16.3. The fourth-order valence-electron chi connectivity index (χ4n) is 2.19. The molecular weight excluding hydrogens is 252 g/mol. The van der Waals surface area contributed by atoms with Gasteiger partial charge in [0.15, 0.2) is 0 Å². The van der Waals surface area contributed by atoms with Crippen LogP contribution in [-0.2, 0) is 17.8 Å². The van der Waals surface area contributed by atoms with Crippen molar-refractivity contribution in [2.24, 2.45) is 0 Å². The smallest absolute Gasteiger partial charge is 0.237 e. The summed E-state index contributed by atoms with van der Waals surface area (Å²) in [7, 11) is 0. The predicted octanol–water partition coefficient (Wildman–Crippen LogP) is 1.37. The number of rotatable bonds is 3. The van der Waals surface area contributed by atoms with Crippen LogP contribution >= 0.6 is 0 Å². The number of hydrogen-bond acceptors (Lipinski definition) is 3. The molecule has 0 unspecified atom stereocenters. The van der Waals surface area contributed by atoms with Crippen LogP contribution in [0.15, 0.2) is 24.3 Å². The SMILES string of the molecule is CC(C)(O)C(C)(C)NC(=O)[C@@H]1Cc2ccccc2CN1. The van der Waals surface area contributed by atoms with E-state index in [-0.39, 0.29) is 11.9 Å². The molecule has 1 heterocycles. The van der Waals surface area contributed by atoms with Crippen LogP contribution in [0.4, 0.5) is 0 Å². The molecule has 110 valence electrons. The summed E-state index contributed by atoms with van der Waals surface area (Å²) in [6, 6.07) is 7.92. The van der Waals surface area contributed by atoms with Gasteiger partial charge in [-0.3, -0.25) is 4.79 Å². The summed E-state index contributed by atoms with van der Waals surface area (Å²) >= 11 is 0. The van der Waals surface area contributed by atoms with Gasteiger partial charge in [-0.25, -0.2) is 0 Å². The highest BCUT2D eigenvalue weighted by Gasteiger charge is 2.38. The Labute approximate surface area is 120 Å². The summed E-state index contributed by atoms with van der Waals surface area (Å²) in [5, 5.41) is 16.3. The zero-order valence-electron chi connectivity index (χ0n) is 12.7. The molecule has 1 atom stereocenters. The minimum Gasteiger partial charge on any atom is -0.388 e. The lowest BCUT2D eigenvalue weighted by Gasteiger charge is -2.39. The molecule has 0 saturated carbocycles. The lowest BCUT2D eigenvalue weighted by molar-refractivity contribution is -0.128. The summed E-state index contributed by atoms with van der Waals surface area (Å²) < 4.78 is 0. The van der Waals surface area contributed by atoms with Crippen LogP contribution in [0.1, 0.15) is 38.8 Å². The molecule has 0 radical (unpaired) electrons. The molecule has 0 fully saturated rings. The van der Waals surface area contributed by atoms with E-state index in [0.29, 0.717) is 13.0 Å². The molecule has 1 aromatic rings. The van der Waals surface area contributed by atoms with Gasteiger partial charge < -0.3 is 15.7 Å². The van der Waals surface area contributed by atoms with Crippen LogP contribution in [0.2, 0.25) is 0 Å². The molecule has 1 aromatic carbocycles. The van der Waals surface area contributed by atoms with Gasteiger partial charge in [-0.15, -0.1) is 0 Å². The number of fused-ring (bicyclic) bond motifs is 1. The first-order valence-corrected chi connectivity index (χ1v) is 7.05. The second-order valence-corrected chi connectivity index (χ2v) is 6.58. The monoisotopic (exact) mass is 276 g/mol. The third-order valence-electron chi connectivity index (χ3n) is 4.36. The van der Waals surface area contributed by atoms with Crippen molar-refractivity contribution < 1.29 is 9.90 Å². The largest absolute Gasteiger partial charge is 0.388 e. The molecule has 0 bridgehead atoms. The van der Waals surface area contributed by atoms with Crippen molar-refractivity contribution in [2.75, 3.05) is 0 Å². The molecule has 1 amide bonds. The third kappa shape index (κ3) is 3.02. The molecule has 0 aliphatic carbocycles. The molecule has 2 rings (SSSR count). The number of nitrogens with one attached hydrogen (secondary N) is 2. The molecule has 4 nitrogen and oxygen atoms in total. The van der Waals surface area contributed by atoms with Crippen molar-refractivity contribution in [3.8, 4) is 0 Å². The van der Waals surface area contributed by atoms with Gasteiger partial charge in [0.1, 0.15) is 0 Å². The summed E-state index contributed by atoms with van der Waals surface area (Å²) in [5.74, 6) is -0.0633. The predicted molar refractivity (Wildman–Crippen MR) is 79.3 cm³/mol. The van der Waals surface area contributed by atoms with Crippen LogP contribution < -0.4 is 10.6 Å². The van der Waals surface area contributed by atoms with E-state index < -0.39 is 11.1 Å².